The largest absolute Gasteiger partial charge is 0.351 e. The number of halogens is 2. The average Bonchev–Trinajstić information content (AvgIpc) is 2.69. The van der Waals surface area contributed by atoms with Gasteiger partial charge < -0.3 is 10.3 Å². The van der Waals surface area contributed by atoms with Gasteiger partial charge in [-0.25, -0.2) is 8.78 Å². The highest BCUT2D eigenvalue weighted by Gasteiger charge is 2.13. The molecule has 0 fully saturated rings. The predicted molar refractivity (Wildman–Crippen MR) is 65.4 cm³/mol. The van der Waals surface area contributed by atoms with Crippen molar-refractivity contribution in [3.05, 3.63) is 35.5 Å². The number of rotatable bonds is 3. The first kappa shape index (κ1) is 12.5. The summed E-state index contributed by atoms with van der Waals surface area (Å²) >= 11 is 0. The van der Waals surface area contributed by atoms with Crippen molar-refractivity contribution in [3.63, 3.8) is 0 Å². The molecule has 0 saturated carbocycles. The first-order chi connectivity index (χ1) is 8.47. The first-order valence-corrected chi connectivity index (χ1v) is 5.73. The van der Waals surface area contributed by atoms with Gasteiger partial charge in [-0.1, -0.05) is 13.8 Å². The maximum Gasteiger partial charge on any atom is 0.267 e. The lowest BCUT2D eigenvalue weighted by Gasteiger charge is -2.05. The molecular formula is C13H14F2N2O. The average molecular weight is 252 g/mol. The second-order valence-electron chi connectivity index (χ2n) is 4.64. The molecular weight excluding hydrogens is 238 g/mol. The standard InChI is InChI=1S/C13H14F2N2O/c1-7(2)6-16-13(18)12-5-9-10(15)3-8(14)4-11(9)17-12/h3-5,7,17H,6H2,1-2H3,(H,16,18). The van der Waals surface area contributed by atoms with Crippen LogP contribution in [0.25, 0.3) is 10.9 Å². The van der Waals surface area contributed by atoms with E-state index in [2.05, 4.69) is 10.3 Å². The highest BCUT2D eigenvalue weighted by molar-refractivity contribution is 5.98. The lowest BCUT2D eigenvalue weighted by molar-refractivity contribution is 0.0945. The molecule has 18 heavy (non-hydrogen) atoms. The molecule has 3 nitrogen and oxygen atoms in total. The van der Waals surface area contributed by atoms with Crippen LogP contribution in [0.2, 0.25) is 0 Å². The lowest BCUT2D eigenvalue weighted by atomic mass is 10.2. The Bertz CT molecular complexity index is 590. The highest BCUT2D eigenvalue weighted by atomic mass is 19.1. The minimum atomic E-state index is -0.677. The fourth-order valence-electron chi connectivity index (χ4n) is 1.67. The van der Waals surface area contributed by atoms with Crippen LogP contribution in [0, 0.1) is 17.6 Å². The van der Waals surface area contributed by atoms with Crippen molar-refractivity contribution in [1.82, 2.24) is 10.3 Å². The molecule has 1 aromatic carbocycles. The van der Waals surface area contributed by atoms with Gasteiger partial charge in [0.15, 0.2) is 0 Å². The van der Waals surface area contributed by atoms with Gasteiger partial charge in [0.1, 0.15) is 17.3 Å². The van der Waals surface area contributed by atoms with Gasteiger partial charge in [0.25, 0.3) is 5.91 Å². The van der Waals surface area contributed by atoms with E-state index in [1.165, 1.54) is 6.07 Å². The monoisotopic (exact) mass is 252 g/mol. The molecule has 1 amide bonds. The fraction of sp³-hybridized carbons (Fsp3) is 0.308. The molecule has 0 aliphatic heterocycles. The van der Waals surface area contributed by atoms with E-state index in [1.807, 2.05) is 13.8 Å². The van der Waals surface area contributed by atoms with Crippen LogP contribution >= 0.6 is 0 Å². The number of hydrogen-bond acceptors (Lipinski definition) is 1. The third-order valence-corrected chi connectivity index (χ3v) is 2.57. The molecule has 2 aromatic rings. The van der Waals surface area contributed by atoms with Crippen molar-refractivity contribution in [2.75, 3.05) is 6.54 Å². The van der Waals surface area contributed by atoms with E-state index in [9.17, 15) is 13.6 Å². The quantitative estimate of drug-likeness (QED) is 0.866. The van der Waals surface area contributed by atoms with Gasteiger partial charge in [-0.15, -0.1) is 0 Å². The predicted octanol–water partition coefficient (Wildman–Crippen LogP) is 2.83. The summed E-state index contributed by atoms with van der Waals surface area (Å²) in [7, 11) is 0. The Kier molecular flexibility index (Phi) is 3.32. The van der Waals surface area contributed by atoms with Crippen molar-refractivity contribution < 1.29 is 13.6 Å². The topological polar surface area (TPSA) is 44.9 Å². The summed E-state index contributed by atoms with van der Waals surface area (Å²) in [5.41, 5.74) is 0.511. The third-order valence-electron chi connectivity index (χ3n) is 2.57. The zero-order chi connectivity index (χ0) is 13.3. The van der Waals surface area contributed by atoms with Gasteiger partial charge in [-0.05, 0) is 18.1 Å². The number of benzene rings is 1. The van der Waals surface area contributed by atoms with Crippen LogP contribution < -0.4 is 5.32 Å². The highest BCUT2D eigenvalue weighted by Crippen LogP contribution is 2.20. The number of H-pyrrole nitrogens is 1. The molecule has 0 aliphatic carbocycles. The Morgan fingerprint density at radius 3 is 2.72 bits per heavy atom. The molecule has 0 unspecified atom stereocenters. The molecule has 1 aromatic heterocycles. The van der Waals surface area contributed by atoms with E-state index in [-0.39, 0.29) is 22.5 Å². The summed E-state index contributed by atoms with van der Waals surface area (Å²) in [6, 6.07) is 3.35. The van der Waals surface area contributed by atoms with Crippen LogP contribution in [-0.4, -0.2) is 17.4 Å². The smallest absolute Gasteiger partial charge is 0.267 e. The van der Waals surface area contributed by atoms with Crippen LogP contribution in [-0.2, 0) is 0 Å². The number of hydrogen-bond donors (Lipinski definition) is 2. The summed E-state index contributed by atoms with van der Waals surface area (Å²) in [6.45, 7) is 4.48. The maximum absolute atomic E-state index is 13.4. The van der Waals surface area contributed by atoms with Gasteiger partial charge in [-0.3, -0.25) is 4.79 Å². The number of carbonyl (C=O) groups is 1. The van der Waals surface area contributed by atoms with Gasteiger partial charge >= 0.3 is 0 Å². The molecule has 0 bridgehead atoms. The van der Waals surface area contributed by atoms with E-state index in [0.717, 1.165) is 12.1 Å². The summed E-state index contributed by atoms with van der Waals surface area (Å²) in [6.07, 6.45) is 0. The van der Waals surface area contributed by atoms with Crippen molar-refractivity contribution in [2.24, 2.45) is 5.92 Å². The Labute approximate surface area is 103 Å². The molecule has 5 heteroatoms. The summed E-state index contributed by atoms with van der Waals surface area (Å²) in [4.78, 5) is 14.5. The van der Waals surface area contributed by atoms with Gasteiger partial charge in [-0.2, -0.15) is 0 Å². The molecule has 1 heterocycles. The van der Waals surface area contributed by atoms with E-state index in [0.29, 0.717) is 12.5 Å². The maximum atomic E-state index is 13.4. The number of amides is 1. The van der Waals surface area contributed by atoms with Crippen molar-refractivity contribution in [2.45, 2.75) is 13.8 Å². The van der Waals surface area contributed by atoms with Crippen LogP contribution in [0.15, 0.2) is 18.2 Å². The van der Waals surface area contributed by atoms with E-state index >= 15 is 0 Å². The molecule has 96 valence electrons. The third kappa shape index (κ3) is 2.50. The Balaban J connectivity index is 2.30. The zero-order valence-corrected chi connectivity index (χ0v) is 10.2. The van der Waals surface area contributed by atoms with Crippen LogP contribution in [0.5, 0.6) is 0 Å². The minimum Gasteiger partial charge on any atom is -0.351 e. The Morgan fingerprint density at radius 1 is 1.33 bits per heavy atom. The number of aromatic nitrogens is 1. The second-order valence-corrected chi connectivity index (χ2v) is 4.64. The normalized spacial score (nSPS) is 11.2. The van der Waals surface area contributed by atoms with Crippen molar-refractivity contribution >= 4 is 16.8 Å². The molecule has 2 rings (SSSR count). The molecule has 0 spiro atoms. The van der Waals surface area contributed by atoms with Crippen LogP contribution in [0.3, 0.4) is 0 Å². The number of nitrogens with one attached hydrogen (secondary N) is 2. The van der Waals surface area contributed by atoms with E-state index < -0.39 is 11.6 Å². The molecule has 0 atom stereocenters. The Hall–Kier alpha value is -1.91. The van der Waals surface area contributed by atoms with Gasteiger partial charge in [0, 0.05) is 18.0 Å². The molecule has 0 aliphatic rings. The summed E-state index contributed by atoms with van der Waals surface area (Å²) < 4.78 is 26.4. The number of fused-ring (bicyclic) bond motifs is 1. The first-order valence-electron chi connectivity index (χ1n) is 5.73. The fourth-order valence-corrected chi connectivity index (χ4v) is 1.67. The van der Waals surface area contributed by atoms with Gasteiger partial charge in [0.2, 0.25) is 0 Å². The van der Waals surface area contributed by atoms with Crippen molar-refractivity contribution in [1.29, 1.82) is 0 Å². The lowest BCUT2D eigenvalue weighted by Crippen LogP contribution is -2.27. The SMILES string of the molecule is CC(C)CNC(=O)c1cc2c(F)cc(F)cc2[nH]1. The zero-order valence-electron chi connectivity index (χ0n) is 10.2. The number of aromatic amines is 1. The number of carbonyl (C=O) groups excluding carboxylic acids is 1. The Morgan fingerprint density at radius 2 is 2.06 bits per heavy atom. The molecule has 0 saturated heterocycles. The van der Waals surface area contributed by atoms with E-state index in [1.54, 1.807) is 0 Å². The summed E-state index contributed by atoms with van der Waals surface area (Å²) in [5.74, 6) is -1.34. The van der Waals surface area contributed by atoms with Crippen LogP contribution in [0.1, 0.15) is 24.3 Å². The van der Waals surface area contributed by atoms with Crippen LogP contribution in [0.4, 0.5) is 8.78 Å². The minimum absolute atomic E-state index is 0.214. The molecule has 0 radical (unpaired) electrons. The van der Waals surface area contributed by atoms with Gasteiger partial charge in [0.05, 0.1) is 5.52 Å². The van der Waals surface area contributed by atoms with E-state index in [4.69, 9.17) is 0 Å². The second kappa shape index (κ2) is 4.76. The van der Waals surface area contributed by atoms with Crippen molar-refractivity contribution in [3.8, 4) is 0 Å². The molecule has 2 N–H and O–H groups in total. The summed E-state index contributed by atoms with van der Waals surface area (Å²) in [5, 5.41) is 2.92.